The second-order valence-electron chi connectivity index (χ2n) is 12.2. The number of aromatic nitrogens is 2. The topological polar surface area (TPSA) is 66.2 Å². The lowest BCUT2D eigenvalue weighted by Gasteiger charge is -2.29. The smallest absolute Gasteiger partial charge is 0.141 e. The Kier molecular flexibility index (Phi) is 8.28. The van der Waals surface area contributed by atoms with Crippen LogP contribution in [0.3, 0.4) is 0 Å². The average Bonchev–Trinajstić information content (AvgIpc) is 3.57. The fourth-order valence-electron chi connectivity index (χ4n) is 6.85. The second-order valence-corrected chi connectivity index (χ2v) is 12.2. The van der Waals surface area contributed by atoms with Crippen molar-refractivity contribution in [2.45, 2.75) is 25.0 Å². The van der Waals surface area contributed by atoms with E-state index in [2.05, 4.69) is 34.2 Å². The van der Waals surface area contributed by atoms with Crippen LogP contribution in [0.1, 0.15) is 44.5 Å². The van der Waals surface area contributed by atoms with Crippen LogP contribution in [0.4, 0.5) is 0 Å². The molecule has 9 rings (SSSR count). The average molecular weight is 625 g/mol. The van der Waals surface area contributed by atoms with E-state index < -0.39 is 11.2 Å². The molecule has 0 aliphatic heterocycles. The zero-order valence-electron chi connectivity index (χ0n) is 27.0. The molecule has 48 heavy (non-hydrogen) atoms. The van der Waals surface area contributed by atoms with E-state index in [9.17, 15) is 10.2 Å². The van der Waals surface area contributed by atoms with Crippen molar-refractivity contribution >= 4 is 0 Å². The van der Waals surface area contributed by atoms with Gasteiger partial charge in [0.25, 0.3) is 0 Å². The fourth-order valence-corrected chi connectivity index (χ4v) is 6.85. The number of benzene rings is 5. The summed E-state index contributed by atoms with van der Waals surface area (Å²) in [6.45, 7) is 4.09. The zero-order valence-corrected chi connectivity index (χ0v) is 27.0. The van der Waals surface area contributed by atoms with E-state index in [1.54, 1.807) is 24.8 Å². The summed E-state index contributed by atoms with van der Waals surface area (Å²) >= 11 is 0. The Labute approximate surface area is 281 Å². The molecule has 0 bridgehead atoms. The molecule has 0 spiro atoms. The summed E-state index contributed by atoms with van der Waals surface area (Å²) in [5.41, 5.74) is 9.41. The van der Waals surface area contributed by atoms with E-state index in [4.69, 9.17) is 0 Å². The van der Waals surface area contributed by atoms with Crippen molar-refractivity contribution in [3.63, 3.8) is 0 Å². The first-order valence-electron chi connectivity index (χ1n) is 16.1. The van der Waals surface area contributed by atoms with Gasteiger partial charge < -0.3 is 10.2 Å². The molecule has 2 aliphatic carbocycles. The fraction of sp³-hybridized carbons (Fsp3) is 0.0909. The number of hydrogen-bond acceptors (Lipinski definition) is 4. The predicted molar refractivity (Wildman–Crippen MR) is 192 cm³/mol. The number of rotatable bonds is 2. The van der Waals surface area contributed by atoms with Gasteiger partial charge in [-0.15, -0.1) is 0 Å². The first-order valence-corrected chi connectivity index (χ1v) is 16.1. The molecule has 0 saturated carbocycles. The maximum atomic E-state index is 12.1. The molecule has 0 atom stereocenters. The molecule has 4 nitrogen and oxygen atoms in total. The van der Waals surface area contributed by atoms with Gasteiger partial charge in [-0.05, 0) is 82.6 Å². The molecule has 2 aromatic heterocycles. The van der Waals surface area contributed by atoms with Crippen LogP contribution in [0.5, 0.6) is 0 Å². The lowest BCUT2D eigenvalue weighted by molar-refractivity contribution is 0.126. The van der Waals surface area contributed by atoms with Crippen LogP contribution in [0, 0.1) is 13.8 Å². The molecule has 0 amide bonds. The third kappa shape index (κ3) is 5.31. The number of hydrogen-bond donors (Lipinski definition) is 2. The van der Waals surface area contributed by atoms with Crippen molar-refractivity contribution in [3.05, 3.63) is 215 Å². The molecule has 7 aromatic rings. The van der Waals surface area contributed by atoms with Gasteiger partial charge in [0.1, 0.15) is 11.2 Å². The molecule has 234 valence electrons. The summed E-state index contributed by atoms with van der Waals surface area (Å²) in [5, 5.41) is 24.3. The summed E-state index contributed by atoms with van der Waals surface area (Å²) < 4.78 is 0. The summed E-state index contributed by atoms with van der Waals surface area (Å²) in [5.74, 6) is 0. The highest BCUT2D eigenvalue weighted by Crippen LogP contribution is 2.53. The second kappa shape index (κ2) is 12.8. The van der Waals surface area contributed by atoms with Crippen LogP contribution in [-0.4, -0.2) is 20.2 Å². The lowest BCUT2D eigenvalue weighted by atomic mass is 9.80. The molecule has 0 radical (unpaired) electrons. The molecule has 0 saturated heterocycles. The maximum Gasteiger partial charge on any atom is 0.141 e. The molecule has 0 fully saturated rings. The van der Waals surface area contributed by atoms with Gasteiger partial charge in [0.15, 0.2) is 0 Å². The summed E-state index contributed by atoms with van der Waals surface area (Å²) in [4.78, 5) is 7.69. The minimum Gasteiger partial charge on any atom is -0.376 e. The standard InChI is InChI=1S/C32H22O2.2C6H7N/c33-31(27-13-5-1-9-23(27)24-10-2-6-14-28(24)31)21-17-19-22(20-18-21)32(34)29-15-7-3-11-25(29)26-12-4-8-16-30(26)32;2*1-6-2-4-7-5-3-6/h1-20,33-34H;2*2-5H,1H3. The molecular formula is C44H36N2O2. The summed E-state index contributed by atoms with van der Waals surface area (Å²) in [6.07, 6.45) is 7.15. The summed E-state index contributed by atoms with van der Waals surface area (Å²) in [6, 6.07) is 47.9. The monoisotopic (exact) mass is 624 g/mol. The molecule has 2 N–H and O–H groups in total. The molecular weight excluding hydrogens is 588 g/mol. The minimum absolute atomic E-state index is 0.789. The van der Waals surface area contributed by atoms with Crippen LogP contribution in [0.15, 0.2) is 170 Å². The number of aryl methyl sites for hydroxylation is 2. The van der Waals surface area contributed by atoms with Crippen LogP contribution in [0.2, 0.25) is 0 Å². The van der Waals surface area contributed by atoms with E-state index >= 15 is 0 Å². The Balaban J connectivity index is 0.000000216. The van der Waals surface area contributed by atoms with Gasteiger partial charge in [0.05, 0.1) is 0 Å². The Morgan fingerprint density at radius 1 is 0.354 bits per heavy atom. The lowest BCUT2D eigenvalue weighted by Crippen LogP contribution is -2.28. The first-order chi connectivity index (χ1) is 23.4. The number of pyridine rings is 2. The highest BCUT2D eigenvalue weighted by Gasteiger charge is 2.45. The molecule has 2 heterocycles. The normalized spacial score (nSPS) is 13.8. The van der Waals surface area contributed by atoms with E-state index in [-0.39, 0.29) is 0 Å². The van der Waals surface area contributed by atoms with Crippen LogP contribution >= 0.6 is 0 Å². The predicted octanol–water partition coefficient (Wildman–Crippen LogP) is 9.00. The SMILES string of the molecule is Cc1ccncc1.Cc1ccncc1.OC1(c2ccc(C3(O)c4ccccc4-c4ccccc43)cc2)c2ccccc2-c2ccccc21. The minimum atomic E-state index is -1.24. The number of fused-ring (bicyclic) bond motifs is 6. The van der Waals surface area contributed by atoms with Crippen molar-refractivity contribution in [1.82, 2.24) is 9.97 Å². The van der Waals surface area contributed by atoms with Gasteiger partial charge in [0.2, 0.25) is 0 Å². The van der Waals surface area contributed by atoms with Crippen molar-refractivity contribution in [2.24, 2.45) is 0 Å². The Morgan fingerprint density at radius 3 is 0.833 bits per heavy atom. The van der Waals surface area contributed by atoms with Crippen LogP contribution in [0.25, 0.3) is 22.3 Å². The molecule has 0 unspecified atom stereocenters. The van der Waals surface area contributed by atoms with Crippen LogP contribution in [-0.2, 0) is 11.2 Å². The van der Waals surface area contributed by atoms with E-state index in [1.807, 2.05) is 135 Å². The first kappa shape index (κ1) is 30.9. The highest BCUT2D eigenvalue weighted by molar-refractivity contribution is 5.83. The highest BCUT2D eigenvalue weighted by atomic mass is 16.3. The van der Waals surface area contributed by atoms with Crippen molar-refractivity contribution in [1.29, 1.82) is 0 Å². The molecule has 2 aliphatic rings. The van der Waals surface area contributed by atoms with E-state index in [0.29, 0.717) is 0 Å². The Bertz CT molecular complexity index is 1930. The zero-order chi connectivity index (χ0) is 33.1. The maximum absolute atomic E-state index is 12.1. The van der Waals surface area contributed by atoms with Crippen molar-refractivity contribution < 1.29 is 10.2 Å². The largest absolute Gasteiger partial charge is 0.376 e. The molecule has 5 aromatic carbocycles. The van der Waals surface area contributed by atoms with Gasteiger partial charge in [-0.1, -0.05) is 121 Å². The van der Waals surface area contributed by atoms with Gasteiger partial charge in [-0.25, -0.2) is 0 Å². The van der Waals surface area contributed by atoms with Crippen LogP contribution < -0.4 is 0 Å². The van der Waals surface area contributed by atoms with Gasteiger partial charge in [0, 0.05) is 47.0 Å². The third-order valence-electron chi connectivity index (χ3n) is 9.26. The number of nitrogens with zero attached hydrogens (tertiary/aromatic N) is 2. The van der Waals surface area contributed by atoms with Gasteiger partial charge in [-0.2, -0.15) is 0 Å². The van der Waals surface area contributed by atoms with E-state index in [1.165, 1.54) is 11.1 Å². The third-order valence-corrected chi connectivity index (χ3v) is 9.26. The molecule has 4 heteroatoms. The Morgan fingerprint density at radius 2 is 0.604 bits per heavy atom. The van der Waals surface area contributed by atoms with Gasteiger partial charge in [-0.3, -0.25) is 9.97 Å². The van der Waals surface area contributed by atoms with Crippen molar-refractivity contribution in [2.75, 3.05) is 0 Å². The quantitative estimate of drug-likeness (QED) is 0.202. The summed E-state index contributed by atoms with van der Waals surface area (Å²) in [7, 11) is 0. The Hall–Kier alpha value is -5.68. The number of aliphatic hydroxyl groups is 2. The van der Waals surface area contributed by atoms with E-state index in [0.717, 1.165) is 55.6 Å². The van der Waals surface area contributed by atoms with Crippen molar-refractivity contribution in [3.8, 4) is 22.3 Å². The van der Waals surface area contributed by atoms with Gasteiger partial charge >= 0.3 is 0 Å².